The second-order valence-electron chi connectivity index (χ2n) is 8.04. The maximum absolute atomic E-state index is 11.0. The highest BCUT2D eigenvalue weighted by Gasteiger charge is 2.17. The van der Waals surface area contributed by atoms with Crippen LogP contribution in [-0.4, -0.2) is 64.0 Å². The van der Waals surface area contributed by atoms with Gasteiger partial charge in [0.2, 0.25) is 17.2 Å². The van der Waals surface area contributed by atoms with Gasteiger partial charge in [-0.25, -0.2) is 13.9 Å². The third-order valence-electron chi connectivity index (χ3n) is 5.70. The van der Waals surface area contributed by atoms with Crippen LogP contribution in [-0.2, 0) is 17.8 Å². The van der Waals surface area contributed by atoms with Crippen molar-refractivity contribution < 1.29 is 13.5 Å². The lowest BCUT2D eigenvalue weighted by molar-refractivity contribution is 0.312. The Kier molecular flexibility index (Phi) is 8.37. The van der Waals surface area contributed by atoms with E-state index in [1.807, 2.05) is 36.4 Å². The first-order valence-electron chi connectivity index (χ1n) is 11.0. The second-order valence-corrected chi connectivity index (χ2v) is 9.24. The molecule has 1 aromatic heterocycles. The molecule has 1 fully saturated rings. The third-order valence-corrected chi connectivity index (χ3v) is 6.37. The number of nitrogens with zero attached hydrogens (tertiary/aromatic N) is 4. The Morgan fingerprint density at radius 2 is 1.89 bits per heavy atom. The normalized spacial score (nSPS) is 15.0. The van der Waals surface area contributed by atoms with Crippen LogP contribution in [0.5, 0.6) is 5.75 Å². The largest absolute Gasteiger partial charge is 0.494 e. The number of aromatic nitrogens is 2. The molecule has 1 atom stereocenters. The van der Waals surface area contributed by atoms with Crippen molar-refractivity contribution in [2.45, 2.75) is 6.54 Å². The highest BCUT2D eigenvalue weighted by atomic mass is 35.5. The number of hydrogen-bond acceptors (Lipinski definition) is 8. The molecular weight excluding hydrogens is 490 g/mol. The zero-order valence-electron chi connectivity index (χ0n) is 19.5. The highest BCUT2D eigenvalue weighted by molar-refractivity contribution is 7.77. The smallest absolute Gasteiger partial charge is 0.232 e. The number of anilines is 5. The van der Waals surface area contributed by atoms with Crippen LogP contribution in [0.3, 0.4) is 0 Å². The lowest BCUT2D eigenvalue weighted by Crippen LogP contribution is -2.44. The quantitative estimate of drug-likeness (QED) is 0.316. The predicted octanol–water partition coefficient (Wildman–Crippen LogP) is 3.60. The highest BCUT2D eigenvalue weighted by Crippen LogP contribution is 2.33. The molecule has 4 rings (SSSR count). The summed E-state index contributed by atoms with van der Waals surface area (Å²) >= 11 is 4.23. The van der Waals surface area contributed by atoms with Gasteiger partial charge in [0.15, 0.2) is 5.82 Å². The van der Waals surface area contributed by atoms with Gasteiger partial charge in [-0.05, 0) is 30.8 Å². The zero-order valence-corrected chi connectivity index (χ0v) is 21.1. The van der Waals surface area contributed by atoms with Crippen LogP contribution in [0.15, 0.2) is 48.7 Å². The van der Waals surface area contributed by atoms with Crippen LogP contribution in [0.2, 0.25) is 5.02 Å². The summed E-state index contributed by atoms with van der Waals surface area (Å²) in [5.41, 5.74) is 3.31. The van der Waals surface area contributed by atoms with E-state index in [1.165, 1.54) is 6.20 Å². The molecule has 1 aliphatic rings. The van der Waals surface area contributed by atoms with Crippen molar-refractivity contribution in [2.75, 3.05) is 55.9 Å². The van der Waals surface area contributed by atoms with Gasteiger partial charge in [-0.15, -0.1) is 0 Å². The monoisotopic (exact) mass is 517 g/mol. The summed E-state index contributed by atoms with van der Waals surface area (Å²) in [4.78, 5) is 13.5. The Hall–Kier alpha value is -2.96. The molecule has 10 nitrogen and oxygen atoms in total. The molecule has 4 N–H and O–H groups in total. The third kappa shape index (κ3) is 6.59. The number of hydrogen-bond donors (Lipinski definition) is 4. The molecule has 2 heterocycles. The lowest BCUT2D eigenvalue weighted by atomic mass is 10.2. The Morgan fingerprint density at radius 3 is 2.63 bits per heavy atom. The Morgan fingerprint density at radius 1 is 1.11 bits per heavy atom. The number of ether oxygens (including phenoxy) is 1. The van der Waals surface area contributed by atoms with E-state index in [0.29, 0.717) is 28.2 Å². The zero-order chi connectivity index (χ0) is 24.8. The number of methoxy groups -OCH3 is 1. The maximum Gasteiger partial charge on any atom is 0.232 e. The van der Waals surface area contributed by atoms with Crippen LogP contribution in [0.1, 0.15) is 5.56 Å². The van der Waals surface area contributed by atoms with E-state index in [9.17, 15) is 4.21 Å². The molecule has 186 valence electrons. The van der Waals surface area contributed by atoms with Crippen molar-refractivity contribution in [2.24, 2.45) is 0 Å². The molecule has 0 bridgehead atoms. The second kappa shape index (κ2) is 11.6. The van der Waals surface area contributed by atoms with Crippen molar-refractivity contribution in [3.05, 3.63) is 59.2 Å². The lowest BCUT2D eigenvalue weighted by Gasteiger charge is -2.34. The van der Waals surface area contributed by atoms with E-state index in [1.54, 1.807) is 7.11 Å². The van der Waals surface area contributed by atoms with E-state index in [-0.39, 0.29) is 6.54 Å². The minimum atomic E-state index is -2.12. The van der Waals surface area contributed by atoms with Crippen molar-refractivity contribution in [1.29, 1.82) is 0 Å². The number of rotatable bonds is 9. The fourth-order valence-corrected chi connectivity index (χ4v) is 4.16. The fraction of sp³-hybridized carbons (Fsp3) is 0.304. The number of nitrogens with one attached hydrogen (secondary N) is 3. The first-order valence-corrected chi connectivity index (χ1v) is 12.5. The number of halogens is 1. The Balaban J connectivity index is 1.52. The molecule has 35 heavy (non-hydrogen) atoms. The molecule has 1 unspecified atom stereocenters. The van der Waals surface area contributed by atoms with Crippen LogP contribution >= 0.6 is 11.6 Å². The topological polar surface area (TPSA) is 115 Å². The Bertz CT molecular complexity index is 1190. The molecule has 2 aromatic carbocycles. The molecule has 1 saturated heterocycles. The number of piperazine rings is 1. The molecule has 0 saturated carbocycles. The van der Waals surface area contributed by atoms with Gasteiger partial charge in [-0.2, -0.15) is 4.98 Å². The minimum absolute atomic E-state index is 0.191. The summed E-state index contributed by atoms with van der Waals surface area (Å²) in [6.45, 7) is 4.17. The average Bonchev–Trinajstić information content (AvgIpc) is 2.86. The van der Waals surface area contributed by atoms with Gasteiger partial charge in [-0.1, -0.05) is 29.8 Å². The standard InChI is InChI=1S/C23H28ClN7O3S/c1-30-9-11-31(12-10-30)17-7-8-20(21(13-17)34-2)28-23-25-15-18(24)22(29-23)27-19-6-4-3-5-16(19)14-26-35(32)33/h3-8,13,15,26H,9-12,14H2,1-2H3,(H,32,33)(H2,25,27,28,29). The van der Waals surface area contributed by atoms with Gasteiger partial charge in [-0.3, -0.25) is 4.55 Å². The van der Waals surface area contributed by atoms with Crippen molar-refractivity contribution in [3.63, 3.8) is 0 Å². The van der Waals surface area contributed by atoms with Crippen molar-refractivity contribution in [3.8, 4) is 5.75 Å². The molecule has 0 amide bonds. The first-order chi connectivity index (χ1) is 16.9. The van der Waals surface area contributed by atoms with Gasteiger partial charge in [0.05, 0.1) is 19.0 Å². The Labute approximate surface area is 212 Å². The summed E-state index contributed by atoms with van der Waals surface area (Å²) in [7, 11) is 3.77. The van der Waals surface area contributed by atoms with Gasteiger partial charge in [0.25, 0.3) is 0 Å². The van der Waals surface area contributed by atoms with Gasteiger partial charge >= 0.3 is 0 Å². The SMILES string of the molecule is COc1cc(N2CCN(C)CC2)ccc1Nc1ncc(Cl)c(Nc2ccccc2CNS(=O)O)n1. The molecule has 12 heteroatoms. The van der Waals surface area contributed by atoms with Crippen LogP contribution in [0.4, 0.5) is 28.8 Å². The maximum atomic E-state index is 11.0. The van der Waals surface area contributed by atoms with Crippen LogP contribution in [0.25, 0.3) is 0 Å². The van der Waals surface area contributed by atoms with E-state index in [2.05, 4.69) is 48.2 Å². The molecular formula is C23H28ClN7O3S. The molecule has 0 spiro atoms. The first kappa shape index (κ1) is 25.1. The average molecular weight is 518 g/mol. The summed E-state index contributed by atoms with van der Waals surface area (Å²) in [5.74, 6) is 1.42. The number of para-hydroxylation sites is 1. The predicted molar refractivity (Wildman–Crippen MR) is 140 cm³/mol. The molecule has 3 aromatic rings. The minimum Gasteiger partial charge on any atom is -0.494 e. The van der Waals surface area contributed by atoms with Gasteiger partial charge < -0.3 is 25.2 Å². The summed E-state index contributed by atoms with van der Waals surface area (Å²) < 4.78 is 28.2. The summed E-state index contributed by atoms with van der Waals surface area (Å²) in [6, 6.07) is 13.4. The van der Waals surface area contributed by atoms with E-state index in [0.717, 1.165) is 43.1 Å². The summed E-state index contributed by atoms with van der Waals surface area (Å²) in [6.07, 6.45) is 1.51. The van der Waals surface area contributed by atoms with E-state index < -0.39 is 11.3 Å². The fourth-order valence-electron chi connectivity index (χ4n) is 3.74. The van der Waals surface area contributed by atoms with Crippen molar-refractivity contribution >= 4 is 51.7 Å². The van der Waals surface area contributed by atoms with Gasteiger partial charge in [0.1, 0.15) is 10.8 Å². The molecule has 0 radical (unpaired) electrons. The number of likely N-dealkylation sites (N-methyl/N-ethyl adjacent to an activating group) is 1. The molecule has 1 aliphatic heterocycles. The van der Waals surface area contributed by atoms with Gasteiger partial charge in [0, 0.05) is 50.2 Å². The molecule has 0 aliphatic carbocycles. The number of benzene rings is 2. The van der Waals surface area contributed by atoms with E-state index >= 15 is 0 Å². The van der Waals surface area contributed by atoms with Crippen LogP contribution < -0.4 is 25.0 Å². The van der Waals surface area contributed by atoms with Crippen LogP contribution in [0, 0.1) is 0 Å². The summed E-state index contributed by atoms with van der Waals surface area (Å²) in [5, 5.41) is 6.73. The van der Waals surface area contributed by atoms with Crippen molar-refractivity contribution in [1.82, 2.24) is 19.6 Å². The van der Waals surface area contributed by atoms with E-state index in [4.69, 9.17) is 20.9 Å².